The van der Waals surface area contributed by atoms with E-state index >= 15 is 0 Å². The Morgan fingerprint density at radius 1 is 0.875 bits per heavy atom. The lowest BCUT2D eigenvalue weighted by Gasteiger charge is -2.33. The number of rotatable bonds is 11. The van der Waals surface area contributed by atoms with Crippen LogP contribution < -0.4 is 9.62 Å². The molecule has 0 spiro atoms. The van der Waals surface area contributed by atoms with Crippen LogP contribution >= 0.6 is 46.4 Å². The molecule has 2 amide bonds. The van der Waals surface area contributed by atoms with E-state index in [2.05, 4.69) is 5.32 Å². The molecule has 3 rings (SSSR count). The van der Waals surface area contributed by atoms with Crippen LogP contribution in [0.15, 0.2) is 71.6 Å². The molecule has 2 atom stereocenters. The highest BCUT2D eigenvalue weighted by Gasteiger charge is 2.33. The maximum Gasteiger partial charge on any atom is 0.264 e. The van der Waals surface area contributed by atoms with Crippen LogP contribution in [0.4, 0.5) is 5.69 Å². The Kier molecular flexibility index (Phi) is 11.1. The number of amides is 2. The predicted octanol–water partition coefficient (Wildman–Crippen LogP) is 6.83. The van der Waals surface area contributed by atoms with Crippen LogP contribution in [0, 0.1) is 0 Å². The molecule has 0 radical (unpaired) electrons. The first-order chi connectivity index (χ1) is 18.8. The van der Waals surface area contributed by atoms with Gasteiger partial charge in [0.25, 0.3) is 10.0 Å². The van der Waals surface area contributed by atoms with Gasteiger partial charge in [0.05, 0.1) is 10.6 Å². The Bertz CT molecular complexity index is 1430. The van der Waals surface area contributed by atoms with E-state index in [1.54, 1.807) is 43.3 Å². The van der Waals surface area contributed by atoms with Gasteiger partial charge in [0.1, 0.15) is 12.6 Å². The Labute approximate surface area is 255 Å². The summed E-state index contributed by atoms with van der Waals surface area (Å²) in [6, 6.07) is 15.7. The van der Waals surface area contributed by atoms with Gasteiger partial charge in [-0.05, 0) is 62.7 Å². The van der Waals surface area contributed by atoms with Gasteiger partial charge in [0.15, 0.2) is 0 Å². The number of sulfonamides is 1. The van der Waals surface area contributed by atoms with E-state index in [1.165, 1.54) is 35.2 Å². The fourth-order valence-electron chi connectivity index (χ4n) is 3.83. The summed E-state index contributed by atoms with van der Waals surface area (Å²) >= 11 is 25.2. The fourth-order valence-corrected chi connectivity index (χ4v) is 6.28. The van der Waals surface area contributed by atoms with Crippen molar-refractivity contribution in [2.24, 2.45) is 0 Å². The molecule has 0 saturated heterocycles. The topological polar surface area (TPSA) is 86.8 Å². The highest BCUT2D eigenvalue weighted by Crippen LogP contribution is 2.31. The van der Waals surface area contributed by atoms with E-state index in [9.17, 15) is 18.0 Å². The van der Waals surface area contributed by atoms with Crippen LogP contribution in [0.25, 0.3) is 0 Å². The summed E-state index contributed by atoms with van der Waals surface area (Å²) in [5.74, 6) is -1.08. The summed E-state index contributed by atoms with van der Waals surface area (Å²) < 4.78 is 28.6. The van der Waals surface area contributed by atoms with E-state index in [-0.39, 0.29) is 33.2 Å². The quantitative estimate of drug-likeness (QED) is 0.248. The lowest BCUT2D eigenvalue weighted by atomic mass is 10.1. The molecule has 0 aliphatic heterocycles. The zero-order valence-corrected chi connectivity index (χ0v) is 25.9. The minimum absolute atomic E-state index is 0.0397. The van der Waals surface area contributed by atoms with Crippen molar-refractivity contribution in [2.75, 3.05) is 10.8 Å². The highest BCUT2D eigenvalue weighted by atomic mass is 35.5. The van der Waals surface area contributed by atoms with Crippen LogP contribution in [0.1, 0.15) is 32.8 Å². The molecule has 0 aromatic heterocycles. The molecule has 3 aromatic rings. The molecule has 1 N–H and O–H groups in total. The number of carbonyl (C=O) groups is 2. The third kappa shape index (κ3) is 7.83. The van der Waals surface area contributed by atoms with Crippen molar-refractivity contribution in [1.82, 2.24) is 10.2 Å². The third-order valence-electron chi connectivity index (χ3n) is 6.30. The first kappa shape index (κ1) is 32.0. The van der Waals surface area contributed by atoms with Crippen LogP contribution in [0.2, 0.25) is 20.1 Å². The second-order valence-electron chi connectivity index (χ2n) is 9.17. The standard InChI is InChI=1S/C28H29Cl4N3O4S/c1-4-18(2)33-28(37)19(3)34(16-24-25(31)11-8-12-26(24)32)27(36)17-35(22-14-20(29)13-21(30)15-22)40(38,39)23-9-6-5-7-10-23/h5-15,18-19H,4,16-17H2,1-3H3,(H,33,37)/t18-,19-/m1/s1. The molecule has 0 aliphatic rings. The summed E-state index contributed by atoms with van der Waals surface area (Å²) in [5, 5.41) is 3.84. The van der Waals surface area contributed by atoms with E-state index in [0.717, 1.165) is 4.31 Å². The first-order valence-electron chi connectivity index (χ1n) is 12.4. The molecule has 0 saturated carbocycles. The zero-order chi connectivity index (χ0) is 29.6. The SMILES string of the molecule is CC[C@@H](C)NC(=O)[C@@H](C)N(Cc1c(Cl)cccc1Cl)C(=O)CN(c1cc(Cl)cc(Cl)c1)S(=O)(=O)c1ccccc1. The Morgan fingerprint density at radius 2 is 1.45 bits per heavy atom. The molecular formula is C28H29Cl4N3O4S. The smallest absolute Gasteiger partial charge is 0.264 e. The maximum absolute atomic E-state index is 14.0. The fraction of sp³-hybridized carbons (Fsp3) is 0.286. The van der Waals surface area contributed by atoms with Crippen molar-refractivity contribution in [3.63, 3.8) is 0 Å². The highest BCUT2D eigenvalue weighted by molar-refractivity contribution is 7.92. The van der Waals surface area contributed by atoms with Gasteiger partial charge in [-0.3, -0.25) is 13.9 Å². The van der Waals surface area contributed by atoms with Crippen molar-refractivity contribution in [1.29, 1.82) is 0 Å². The molecule has 0 unspecified atom stereocenters. The molecule has 12 heteroatoms. The van der Waals surface area contributed by atoms with Gasteiger partial charge < -0.3 is 10.2 Å². The van der Waals surface area contributed by atoms with Gasteiger partial charge in [-0.25, -0.2) is 8.42 Å². The average molecular weight is 645 g/mol. The number of benzene rings is 3. The molecule has 7 nitrogen and oxygen atoms in total. The van der Waals surface area contributed by atoms with Crippen molar-refractivity contribution >= 4 is 73.9 Å². The Balaban J connectivity index is 2.09. The number of anilines is 1. The van der Waals surface area contributed by atoms with Crippen molar-refractivity contribution in [3.05, 3.63) is 92.4 Å². The molecule has 40 heavy (non-hydrogen) atoms. The van der Waals surface area contributed by atoms with Gasteiger partial charge in [-0.15, -0.1) is 0 Å². The normalized spacial score (nSPS) is 12.9. The maximum atomic E-state index is 14.0. The van der Waals surface area contributed by atoms with E-state index < -0.39 is 34.4 Å². The Hall–Kier alpha value is -2.49. The largest absolute Gasteiger partial charge is 0.352 e. The Morgan fingerprint density at radius 3 is 2.00 bits per heavy atom. The van der Waals surface area contributed by atoms with Gasteiger partial charge in [0.2, 0.25) is 11.8 Å². The van der Waals surface area contributed by atoms with Gasteiger partial charge >= 0.3 is 0 Å². The van der Waals surface area contributed by atoms with Gasteiger partial charge in [0, 0.05) is 38.2 Å². The predicted molar refractivity (Wildman–Crippen MR) is 162 cm³/mol. The molecule has 0 fully saturated rings. The van der Waals surface area contributed by atoms with Crippen LogP contribution in [0.5, 0.6) is 0 Å². The van der Waals surface area contributed by atoms with Crippen molar-refractivity contribution < 1.29 is 18.0 Å². The van der Waals surface area contributed by atoms with Crippen LogP contribution in [-0.4, -0.2) is 43.8 Å². The minimum Gasteiger partial charge on any atom is -0.352 e. The van der Waals surface area contributed by atoms with E-state index in [4.69, 9.17) is 46.4 Å². The molecule has 0 heterocycles. The molecule has 0 bridgehead atoms. The monoisotopic (exact) mass is 643 g/mol. The molecular weight excluding hydrogens is 616 g/mol. The zero-order valence-electron chi connectivity index (χ0n) is 22.1. The second-order valence-corrected chi connectivity index (χ2v) is 12.7. The number of carbonyl (C=O) groups excluding carboxylic acids is 2. The number of halogens is 4. The number of nitrogens with one attached hydrogen (secondary N) is 1. The number of hydrogen-bond acceptors (Lipinski definition) is 4. The van der Waals surface area contributed by atoms with Crippen LogP contribution in [0.3, 0.4) is 0 Å². The average Bonchev–Trinajstić information content (AvgIpc) is 2.90. The van der Waals surface area contributed by atoms with Crippen LogP contribution in [-0.2, 0) is 26.2 Å². The number of nitrogens with zero attached hydrogens (tertiary/aromatic N) is 2. The van der Waals surface area contributed by atoms with E-state index in [0.29, 0.717) is 22.0 Å². The summed E-state index contributed by atoms with van der Waals surface area (Å²) in [4.78, 5) is 28.3. The van der Waals surface area contributed by atoms with Crippen molar-refractivity contribution in [2.45, 2.75) is 50.7 Å². The second kappa shape index (κ2) is 13.9. The lowest BCUT2D eigenvalue weighted by Crippen LogP contribution is -2.52. The minimum atomic E-state index is -4.26. The van der Waals surface area contributed by atoms with Gasteiger partial charge in [-0.1, -0.05) is 77.6 Å². The first-order valence-corrected chi connectivity index (χ1v) is 15.4. The molecule has 3 aromatic carbocycles. The van der Waals surface area contributed by atoms with Gasteiger partial charge in [-0.2, -0.15) is 0 Å². The molecule has 0 aliphatic carbocycles. The molecule has 214 valence electrons. The third-order valence-corrected chi connectivity index (χ3v) is 9.24. The van der Waals surface area contributed by atoms with E-state index in [1.807, 2.05) is 13.8 Å². The number of hydrogen-bond donors (Lipinski definition) is 1. The summed E-state index contributed by atoms with van der Waals surface area (Å²) in [6.07, 6.45) is 0.682. The summed E-state index contributed by atoms with van der Waals surface area (Å²) in [5.41, 5.74) is 0.507. The summed E-state index contributed by atoms with van der Waals surface area (Å²) in [7, 11) is -4.26. The summed E-state index contributed by atoms with van der Waals surface area (Å²) in [6.45, 7) is 4.54. The van der Waals surface area contributed by atoms with Crippen molar-refractivity contribution in [3.8, 4) is 0 Å². The lowest BCUT2D eigenvalue weighted by molar-refractivity contribution is -0.139.